The standard InChI is InChI=1S/C21H22N2O2/c1-23-11-16-15(17(16)12-23)10-22-21(24)20-13-6-2-4-8-18(13)25-19-9-5-3-7-14(19)20/h2-9,15-17,20H,10-12H2,1H3,(H,22,24)/t15?,16-,17+. The van der Waals surface area contributed by atoms with E-state index in [0.29, 0.717) is 5.92 Å². The fourth-order valence-corrected chi connectivity index (χ4v) is 4.68. The van der Waals surface area contributed by atoms with E-state index in [1.807, 2.05) is 48.5 Å². The van der Waals surface area contributed by atoms with Crippen LogP contribution in [0.5, 0.6) is 11.5 Å². The van der Waals surface area contributed by atoms with Crippen molar-refractivity contribution in [3.8, 4) is 11.5 Å². The highest BCUT2D eigenvalue weighted by molar-refractivity contribution is 5.89. The molecule has 2 aromatic carbocycles. The third-order valence-corrected chi connectivity index (χ3v) is 6.01. The third-order valence-electron chi connectivity index (χ3n) is 6.01. The number of hydrogen-bond donors (Lipinski definition) is 1. The highest BCUT2D eigenvalue weighted by Crippen LogP contribution is 2.51. The molecule has 0 spiro atoms. The molecule has 0 aromatic heterocycles. The van der Waals surface area contributed by atoms with Crippen LogP contribution in [0.1, 0.15) is 17.0 Å². The second kappa shape index (κ2) is 5.60. The second-order valence-corrected chi connectivity index (χ2v) is 7.57. The summed E-state index contributed by atoms with van der Waals surface area (Å²) in [6.45, 7) is 3.14. The SMILES string of the molecule is CN1C[C@@H]2C(CNC(=O)C3c4ccccc4Oc4ccccc43)[C@@H]2C1. The van der Waals surface area contributed by atoms with Gasteiger partial charge in [0, 0.05) is 30.8 Å². The minimum atomic E-state index is -0.289. The predicted octanol–water partition coefficient (Wildman–Crippen LogP) is 2.85. The van der Waals surface area contributed by atoms with E-state index in [-0.39, 0.29) is 11.8 Å². The topological polar surface area (TPSA) is 41.6 Å². The van der Waals surface area contributed by atoms with Crippen LogP contribution in [0.3, 0.4) is 0 Å². The van der Waals surface area contributed by atoms with Gasteiger partial charge in [0.2, 0.25) is 5.91 Å². The quantitative estimate of drug-likeness (QED) is 0.938. The first-order chi connectivity index (χ1) is 12.2. The Balaban J connectivity index is 1.37. The summed E-state index contributed by atoms with van der Waals surface area (Å²) in [6.07, 6.45) is 0. The number of carbonyl (C=O) groups is 1. The van der Waals surface area contributed by atoms with E-state index < -0.39 is 0 Å². The Morgan fingerprint density at radius 3 is 2.20 bits per heavy atom. The molecule has 25 heavy (non-hydrogen) atoms. The van der Waals surface area contributed by atoms with Crippen LogP contribution in [0.25, 0.3) is 0 Å². The Morgan fingerprint density at radius 2 is 1.60 bits per heavy atom. The van der Waals surface area contributed by atoms with Gasteiger partial charge in [0.1, 0.15) is 11.5 Å². The Labute approximate surface area is 147 Å². The lowest BCUT2D eigenvalue weighted by atomic mass is 9.87. The molecule has 1 aliphatic carbocycles. The van der Waals surface area contributed by atoms with E-state index in [1.165, 1.54) is 13.1 Å². The van der Waals surface area contributed by atoms with Crippen molar-refractivity contribution >= 4 is 5.91 Å². The van der Waals surface area contributed by atoms with Crippen LogP contribution in [0.2, 0.25) is 0 Å². The van der Waals surface area contributed by atoms with Crippen LogP contribution in [-0.4, -0.2) is 37.5 Å². The summed E-state index contributed by atoms with van der Waals surface area (Å²) in [4.78, 5) is 15.5. The van der Waals surface area contributed by atoms with E-state index in [0.717, 1.165) is 41.0 Å². The number of fused-ring (bicyclic) bond motifs is 3. The third kappa shape index (κ3) is 2.44. The molecular weight excluding hydrogens is 312 g/mol. The molecule has 128 valence electrons. The molecular formula is C21H22N2O2. The number of para-hydroxylation sites is 2. The van der Waals surface area contributed by atoms with E-state index in [4.69, 9.17) is 4.74 Å². The maximum Gasteiger partial charge on any atom is 0.232 e. The van der Waals surface area contributed by atoms with Gasteiger partial charge in [-0.15, -0.1) is 0 Å². The average Bonchev–Trinajstić information content (AvgIpc) is 3.10. The van der Waals surface area contributed by atoms with Gasteiger partial charge in [-0.3, -0.25) is 4.79 Å². The first kappa shape index (κ1) is 15.0. The monoisotopic (exact) mass is 334 g/mol. The summed E-state index contributed by atoms with van der Waals surface area (Å²) >= 11 is 0. The minimum Gasteiger partial charge on any atom is -0.457 e. The molecule has 2 fully saturated rings. The molecule has 1 saturated heterocycles. The lowest BCUT2D eigenvalue weighted by Crippen LogP contribution is -2.34. The minimum absolute atomic E-state index is 0.0847. The van der Waals surface area contributed by atoms with Gasteiger partial charge in [-0.05, 0) is 36.9 Å². The fourth-order valence-electron chi connectivity index (χ4n) is 4.68. The van der Waals surface area contributed by atoms with Crippen molar-refractivity contribution in [3.63, 3.8) is 0 Å². The number of hydrogen-bond acceptors (Lipinski definition) is 3. The zero-order chi connectivity index (χ0) is 17.0. The van der Waals surface area contributed by atoms with Gasteiger partial charge in [0.25, 0.3) is 0 Å². The number of likely N-dealkylation sites (tertiary alicyclic amines) is 1. The number of benzene rings is 2. The van der Waals surface area contributed by atoms with Gasteiger partial charge in [-0.2, -0.15) is 0 Å². The Bertz CT molecular complexity index is 777. The molecule has 1 unspecified atom stereocenters. The fraction of sp³-hybridized carbons (Fsp3) is 0.381. The van der Waals surface area contributed by atoms with Crippen molar-refractivity contribution in [2.24, 2.45) is 17.8 Å². The summed E-state index contributed by atoms with van der Waals surface area (Å²) in [5, 5.41) is 3.23. The van der Waals surface area contributed by atoms with Gasteiger partial charge < -0.3 is 15.0 Å². The van der Waals surface area contributed by atoms with E-state index in [9.17, 15) is 4.79 Å². The highest BCUT2D eigenvalue weighted by atomic mass is 16.5. The number of ether oxygens (including phenoxy) is 1. The molecule has 3 aliphatic rings. The Hall–Kier alpha value is -2.33. The van der Waals surface area contributed by atoms with E-state index in [1.54, 1.807) is 0 Å². The molecule has 2 heterocycles. The second-order valence-electron chi connectivity index (χ2n) is 7.57. The summed E-state index contributed by atoms with van der Waals surface area (Å²) in [7, 11) is 2.18. The van der Waals surface area contributed by atoms with Gasteiger partial charge >= 0.3 is 0 Å². The van der Waals surface area contributed by atoms with E-state index >= 15 is 0 Å². The lowest BCUT2D eigenvalue weighted by Gasteiger charge is -2.27. The van der Waals surface area contributed by atoms with Gasteiger partial charge in [0.05, 0.1) is 5.92 Å². The zero-order valence-corrected chi connectivity index (χ0v) is 14.3. The molecule has 4 nitrogen and oxygen atoms in total. The smallest absolute Gasteiger partial charge is 0.232 e. The summed E-state index contributed by atoms with van der Waals surface area (Å²) in [5.74, 6) is 3.58. The predicted molar refractivity (Wildman–Crippen MR) is 95.8 cm³/mol. The largest absolute Gasteiger partial charge is 0.457 e. The number of amides is 1. The van der Waals surface area contributed by atoms with Crippen molar-refractivity contribution in [1.29, 1.82) is 0 Å². The summed E-state index contributed by atoms with van der Waals surface area (Å²) in [5.41, 5.74) is 1.91. The number of rotatable bonds is 3. The molecule has 2 aromatic rings. The number of carbonyl (C=O) groups excluding carboxylic acids is 1. The summed E-state index contributed by atoms with van der Waals surface area (Å²) < 4.78 is 5.98. The van der Waals surface area contributed by atoms with Gasteiger partial charge in [-0.25, -0.2) is 0 Å². The van der Waals surface area contributed by atoms with Crippen LogP contribution in [-0.2, 0) is 4.79 Å². The number of piperidine rings is 1. The molecule has 1 saturated carbocycles. The van der Waals surface area contributed by atoms with Crippen LogP contribution in [0, 0.1) is 17.8 Å². The Morgan fingerprint density at radius 1 is 1.04 bits per heavy atom. The zero-order valence-electron chi connectivity index (χ0n) is 14.3. The van der Waals surface area contributed by atoms with Crippen LogP contribution in [0.4, 0.5) is 0 Å². The number of nitrogens with one attached hydrogen (secondary N) is 1. The maximum absolute atomic E-state index is 13.1. The maximum atomic E-state index is 13.1. The van der Waals surface area contributed by atoms with Crippen LogP contribution >= 0.6 is 0 Å². The van der Waals surface area contributed by atoms with Crippen molar-refractivity contribution in [2.45, 2.75) is 5.92 Å². The van der Waals surface area contributed by atoms with Crippen LogP contribution in [0.15, 0.2) is 48.5 Å². The van der Waals surface area contributed by atoms with E-state index in [2.05, 4.69) is 17.3 Å². The molecule has 1 N–H and O–H groups in total. The lowest BCUT2D eigenvalue weighted by molar-refractivity contribution is -0.121. The van der Waals surface area contributed by atoms with Crippen LogP contribution < -0.4 is 10.1 Å². The first-order valence-electron chi connectivity index (χ1n) is 9.04. The molecule has 0 radical (unpaired) electrons. The molecule has 5 rings (SSSR count). The normalized spacial score (nSPS) is 27.0. The van der Waals surface area contributed by atoms with Gasteiger partial charge in [-0.1, -0.05) is 36.4 Å². The first-order valence-corrected chi connectivity index (χ1v) is 9.04. The van der Waals surface area contributed by atoms with Crippen molar-refractivity contribution in [2.75, 3.05) is 26.7 Å². The molecule has 0 bridgehead atoms. The number of nitrogens with zero attached hydrogens (tertiary/aromatic N) is 1. The molecule has 1 amide bonds. The van der Waals surface area contributed by atoms with Crippen molar-refractivity contribution in [1.82, 2.24) is 10.2 Å². The molecule has 2 aliphatic heterocycles. The Kier molecular flexibility index (Phi) is 3.35. The van der Waals surface area contributed by atoms with Gasteiger partial charge in [0.15, 0.2) is 0 Å². The molecule has 4 heteroatoms. The van der Waals surface area contributed by atoms with Crippen molar-refractivity contribution in [3.05, 3.63) is 59.7 Å². The van der Waals surface area contributed by atoms with Crippen molar-refractivity contribution < 1.29 is 9.53 Å². The highest BCUT2D eigenvalue weighted by Gasteiger charge is 2.54. The summed E-state index contributed by atoms with van der Waals surface area (Å²) in [6, 6.07) is 15.7. The average molecular weight is 334 g/mol. The molecule has 3 atom stereocenters.